The number of ketones is 1. The van der Waals surface area contributed by atoms with Crippen molar-refractivity contribution in [1.29, 1.82) is 0 Å². The van der Waals surface area contributed by atoms with Crippen LogP contribution in [0.4, 0.5) is 5.13 Å². The van der Waals surface area contributed by atoms with E-state index >= 15 is 0 Å². The Labute approximate surface area is 182 Å². The molecule has 1 amide bonds. The third-order valence-corrected chi connectivity index (χ3v) is 6.38. The number of anilines is 1. The van der Waals surface area contributed by atoms with Crippen LogP contribution in [0.25, 0.3) is 16.0 Å². The number of aliphatic hydroxyl groups excluding tert-OH is 1. The van der Waals surface area contributed by atoms with Gasteiger partial charge in [-0.3, -0.25) is 14.5 Å². The maximum absolute atomic E-state index is 13.1. The Bertz CT molecular complexity index is 1320. The van der Waals surface area contributed by atoms with Crippen LogP contribution >= 0.6 is 11.3 Å². The Balaban J connectivity index is 1.70. The molecule has 6 nitrogen and oxygen atoms in total. The number of hydrogen-bond donors (Lipinski definition) is 1. The normalized spacial score (nSPS) is 18.2. The van der Waals surface area contributed by atoms with Gasteiger partial charge in [0.1, 0.15) is 17.6 Å². The number of nitrogens with zero attached hydrogens (tertiary/aromatic N) is 2. The second-order valence-electron chi connectivity index (χ2n) is 7.20. The molecule has 7 heteroatoms. The average molecular weight is 430 g/mol. The van der Waals surface area contributed by atoms with Gasteiger partial charge in [-0.05, 0) is 36.2 Å². The van der Waals surface area contributed by atoms with Gasteiger partial charge in [0.15, 0.2) is 5.13 Å². The molecular weight excluding hydrogens is 412 g/mol. The van der Waals surface area contributed by atoms with Gasteiger partial charge in [0.25, 0.3) is 5.78 Å². The number of aromatic nitrogens is 1. The van der Waals surface area contributed by atoms with Crippen LogP contribution in [0.15, 0.2) is 76.9 Å². The van der Waals surface area contributed by atoms with Gasteiger partial charge in [-0.1, -0.05) is 54.7 Å². The number of aryl methyl sites for hydroxylation is 1. The lowest BCUT2D eigenvalue weighted by molar-refractivity contribution is -0.132. The van der Waals surface area contributed by atoms with Crippen molar-refractivity contribution in [3.05, 3.63) is 89.4 Å². The molecule has 1 unspecified atom stereocenters. The van der Waals surface area contributed by atoms with Crippen LogP contribution < -0.4 is 4.90 Å². The monoisotopic (exact) mass is 430 g/mol. The number of furan rings is 1. The topological polar surface area (TPSA) is 83.6 Å². The van der Waals surface area contributed by atoms with Crippen molar-refractivity contribution in [2.45, 2.75) is 19.4 Å². The summed E-state index contributed by atoms with van der Waals surface area (Å²) in [4.78, 5) is 32.1. The first kappa shape index (κ1) is 19.3. The highest BCUT2D eigenvalue weighted by Crippen LogP contribution is 2.44. The minimum atomic E-state index is -0.901. The lowest BCUT2D eigenvalue weighted by Crippen LogP contribution is -2.29. The Morgan fingerprint density at radius 2 is 1.94 bits per heavy atom. The molecule has 154 valence electrons. The molecular formula is C24H18N2O4S. The summed E-state index contributed by atoms with van der Waals surface area (Å²) < 4.78 is 6.51. The second kappa shape index (κ2) is 7.52. The molecule has 0 spiro atoms. The predicted molar refractivity (Wildman–Crippen MR) is 119 cm³/mol. The van der Waals surface area contributed by atoms with Crippen LogP contribution in [0.2, 0.25) is 0 Å². The summed E-state index contributed by atoms with van der Waals surface area (Å²) >= 11 is 1.34. The van der Waals surface area contributed by atoms with Crippen molar-refractivity contribution in [3.8, 4) is 0 Å². The SMILES string of the molecule is CCc1ccc2nc(N3C(=O)C(=O)/C(=C(/O)c4ccccc4)C3c3ccco3)sc2c1. The Morgan fingerprint density at radius 3 is 2.65 bits per heavy atom. The summed E-state index contributed by atoms with van der Waals surface area (Å²) in [6, 6.07) is 17.1. The van der Waals surface area contributed by atoms with Crippen LogP contribution in [-0.4, -0.2) is 21.8 Å². The second-order valence-corrected chi connectivity index (χ2v) is 8.21. The van der Waals surface area contributed by atoms with E-state index in [9.17, 15) is 14.7 Å². The molecule has 5 rings (SSSR count). The van der Waals surface area contributed by atoms with Gasteiger partial charge in [-0.15, -0.1) is 0 Å². The van der Waals surface area contributed by atoms with Crippen molar-refractivity contribution < 1.29 is 19.1 Å². The molecule has 3 heterocycles. The van der Waals surface area contributed by atoms with Gasteiger partial charge >= 0.3 is 5.91 Å². The first-order valence-electron chi connectivity index (χ1n) is 9.87. The van der Waals surface area contributed by atoms with Gasteiger partial charge in [-0.25, -0.2) is 4.98 Å². The van der Waals surface area contributed by atoms with E-state index in [1.165, 1.54) is 22.5 Å². The fourth-order valence-electron chi connectivity index (χ4n) is 3.78. The Morgan fingerprint density at radius 1 is 1.13 bits per heavy atom. The third kappa shape index (κ3) is 3.14. The summed E-state index contributed by atoms with van der Waals surface area (Å²) in [5, 5.41) is 11.4. The Kier molecular flexibility index (Phi) is 4.67. The minimum Gasteiger partial charge on any atom is -0.507 e. The van der Waals surface area contributed by atoms with E-state index in [-0.39, 0.29) is 11.3 Å². The van der Waals surface area contributed by atoms with Crippen LogP contribution in [0.5, 0.6) is 0 Å². The zero-order chi connectivity index (χ0) is 21.5. The van der Waals surface area contributed by atoms with Crippen molar-refractivity contribution >= 4 is 44.1 Å². The summed E-state index contributed by atoms with van der Waals surface area (Å²) in [5.74, 6) is -1.37. The minimum absolute atomic E-state index is 0.0142. The highest BCUT2D eigenvalue weighted by Gasteiger charge is 2.49. The van der Waals surface area contributed by atoms with E-state index in [1.807, 2.05) is 24.3 Å². The van der Waals surface area contributed by atoms with E-state index in [1.54, 1.807) is 36.4 Å². The zero-order valence-corrected chi connectivity index (χ0v) is 17.4. The molecule has 0 radical (unpaired) electrons. The predicted octanol–water partition coefficient (Wildman–Crippen LogP) is 5.08. The lowest BCUT2D eigenvalue weighted by Gasteiger charge is -2.20. The number of thiazole rings is 1. The molecule has 0 saturated carbocycles. The van der Waals surface area contributed by atoms with E-state index in [2.05, 4.69) is 11.9 Å². The van der Waals surface area contributed by atoms with Crippen molar-refractivity contribution in [2.75, 3.05) is 4.90 Å². The molecule has 2 aromatic carbocycles. The van der Waals surface area contributed by atoms with Gasteiger partial charge in [0.2, 0.25) is 0 Å². The molecule has 4 aromatic rings. The first-order chi connectivity index (χ1) is 15.1. The highest BCUT2D eigenvalue weighted by atomic mass is 32.1. The highest BCUT2D eigenvalue weighted by molar-refractivity contribution is 7.22. The molecule has 0 bridgehead atoms. The molecule has 1 aliphatic heterocycles. The number of carbonyl (C=O) groups excluding carboxylic acids is 2. The molecule has 1 fully saturated rings. The Hall–Kier alpha value is -3.71. The first-order valence-corrected chi connectivity index (χ1v) is 10.7. The number of Topliss-reactive ketones (excluding diaryl/α,β-unsaturated/α-hetero) is 1. The van der Waals surface area contributed by atoms with E-state index in [0.717, 1.165) is 22.2 Å². The van der Waals surface area contributed by atoms with Crippen LogP contribution in [0.3, 0.4) is 0 Å². The number of hydrogen-bond acceptors (Lipinski definition) is 6. The van der Waals surface area contributed by atoms with Crippen molar-refractivity contribution in [2.24, 2.45) is 0 Å². The molecule has 0 aliphatic carbocycles. The third-order valence-electron chi connectivity index (χ3n) is 5.36. The number of amides is 1. The van der Waals surface area contributed by atoms with Gasteiger partial charge < -0.3 is 9.52 Å². The smallest absolute Gasteiger partial charge is 0.302 e. The lowest BCUT2D eigenvalue weighted by atomic mass is 9.99. The number of carbonyl (C=O) groups is 2. The standard InChI is InChI=1S/C24H18N2O4S/c1-2-14-10-11-16-18(13-14)31-24(25-16)26-20(17-9-6-12-30-17)19(22(28)23(26)29)21(27)15-7-4-3-5-8-15/h3-13,20,27H,2H2,1H3/b21-19+. The van der Waals surface area contributed by atoms with Gasteiger partial charge in [-0.2, -0.15) is 0 Å². The zero-order valence-electron chi connectivity index (χ0n) is 16.6. The van der Waals surface area contributed by atoms with Gasteiger partial charge in [0.05, 0.1) is 22.1 Å². The van der Waals surface area contributed by atoms with E-state index < -0.39 is 17.7 Å². The summed E-state index contributed by atoms with van der Waals surface area (Å²) in [6.45, 7) is 2.07. The molecule has 1 atom stereocenters. The molecule has 31 heavy (non-hydrogen) atoms. The fourth-order valence-corrected chi connectivity index (χ4v) is 4.83. The number of fused-ring (bicyclic) bond motifs is 1. The number of aliphatic hydroxyl groups is 1. The van der Waals surface area contributed by atoms with E-state index in [0.29, 0.717) is 16.5 Å². The van der Waals surface area contributed by atoms with Gasteiger partial charge in [0, 0.05) is 5.56 Å². The van der Waals surface area contributed by atoms with Crippen molar-refractivity contribution in [3.63, 3.8) is 0 Å². The van der Waals surface area contributed by atoms with E-state index in [4.69, 9.17) is 4.42 Å². The number of rotatable bonds is 4. The number of benzene rings is 2. The fraction of sp³-hybridized carbons (Fsp3) is 0.125. The maximum atomic E-state index is 13.1. The van der Waals surface area contributed by atoms with Crippen LogP contribution in [0, 0.1) is 0 Å². The van der Waals surface area contributed by atoms with Crippen LogP contribution in [-0.2, 0) is 16.0 Å². The molecule has 1 aliphatic rings. The largest absolute Gasteiger partial charge is 0.507 e. The summed E-state index contributed by atoms with van der Waals surface area (Å²) in [5.41, 5.74) is 2.35. The molecule has 1 saturated heterocycles. The van der Waals surface area contributed by atoms with Crippen molar-refractivity contribution in [1.82, 2.24) is 4.98 Å². The molecule has 1 N–H and O–H groups in total. The average Bonchev–Trinajstić information content (AvgIpc) is 3.52. The van der Waals surface area contributed by atoms with Crippen LogP contribution in [0.1, 0.15) is 29.9 Å². The quantitative estimate of drug-likeness (QED) is 0.277. The summed E-state index contributed by atoms with van der Waals surface area (Å²) in [6.07, 6.45) is 2.36. The summed E-state index contributed by atoms with van der Waals surface area (Å²) in [7, 11) is 0. The molecule has 2 aromatic heterocycles. The maximum Gasteiger partial charge on any atom is 0.302 e.